The van der Waals surface area contributed by atoms with Crippen molar-refractivity contribution in [2.24, 2.45) is 0 Å². The van der Waals surface area contributed by atoms with Crippen LogP contribution in [0.1, 0.15) is 34.6 Å². The van der Waals surface area contributed by atoms with Gasteiger partial charge in [-0.25, -0.2) is 0 Å². The molecule has 0 radical (unpaired) electrons. The Morgan fingerprint density at radius 1 is 1.17 bits per heavy atom. The summed E-state index contributed by atoms with van der Waals surface area (Å²) >= 11 is 0. The number of hydrogen-bond acceptors (Lipinski definition) is 4. The van der Waals surface area contributed by atoms with E-state index >= 15 is 0 Å². The highest BCUT2D eigenvalue weighted by Crippen LogP contribution is 2.17. The highest BCUT2D eigenvalue weighted by molar-refractivity contribution is 5.84. The highest BCUT2D eigenvalue weighted by atomic mass is 16.2. The average molecular weight is 321 g/mol. The summed E-state index contributed by atoms with van der Waals surface area (Å²) in [7, 11) is 0. The van der Waals surface area contributed by atoms with Gasteiger partial charge >= 0.3 is 0 Å². The van der Waals surface area contributed by atoms with Crippen LogP contribution in [-0.4, -0.2) is 63.6 Å². The summed E-state index contributed by atoms with van der Waals surface area (Å²) in [5.74, 6) is 0.120. The monoisotopic (exact) mass is 321 g/mol. The van der Waals surface area contributed by atoms with Gasteiger partial charge in [0.1, 0.15) is 6.04 Å². The Morgan fingerprint density at radius 2 is 1.74 bits per heavy atom. The Bertz CT molecular complexity index is 567. The van der Waals surface area contributed by atoms with E-state index in [4.69, 9.17) is 0 Å². The zero-order chi connectivity index (χ0) is 17.2. The maximum Gasteiger partial charge on any atom is 0.244 e. The number of rotatable bonds is 3. The van der Waals surface area contributed by atoms with Crippen LogP contribution in [0.2, 0.25) is 0 Å². The van der Waals surface area contributed by atoms with Gasteiger partial charge in [0.25, 0.3) is 0 Å². The van der Waals surface area contributed by atoms with Gasteiger partial charge in [0, 0.05) is 39.3 Å². The van der Waals surface area contributed by atoms with Crippen LogP contribution in [0, 0.1) is 0 Å². The minimum Gasteiger partial charge on any atom is -0.371 e. The van der Waals surface area contributed by atoms with Crippen LogP contribution >= 0.6 is 0 Å². The first-order valence-corrected chi connectivity index (χ1v) is 8.04. The Balaban J connectivity index is 1.91. The molecule has 128 valence electrons. The molecule has 1 fully saturated rings. The van der Waals surface area contributed by atoms with E-state index in [9.17, 15) is 9.59 Å². The molecule has 0 saturated carbocycles. The maximum atomic E-state index is 12.5. The minimum absolute atomic E-state index is 0.0525. The quantitative estimate of drug-likeness (QED) is 0.906. The maximum absolute atomic E-state index is 12.5. The summed E-state index contributed by atoms with van der Waals surface area (Å²) in [5, 5.41) is 7.54. The molecule has 0 spiro atoms. The Hall–Kier alpha value is -2.05. The lowest BCUT2D eigenvalue weighted by Crippen LogP contribution is -2.53. The zero-order valence-corrected chi connectivity index (χ0v) is 14.7. The van der Waals surface area contributed by atoms with Crippen molar-refractivity contribution in [1.29, 1.82) is 0 Å². The fraction of sp³-hybridized carbons (Fsp3) is 0.688. The second-order valence-corrected chi connectivity index (χ2v) is 7.04. The topological polar surface area (TPSA) is 70.5 Å². The lowest BCUT2D eigenvalue weighted by atomic mass is 10.1. The van der Waals surface area contributed by atoms with E-state index in [-0.39, 0.29) is 23.4 Å². The summed E-state index contributed by atoms with van der Waals surface area (Å²) in [6.07, 6.45) is 3.65. The van der Waals surface area contributed by atoms with E-state index in [0.29, 0.717) is 26.2 Å². The molecule has 0 bridgehead atoms. The highest BCUT2D eigenvalue weighted by Gasteiger charge is 2.26. The van der Waals surface area contributed by atoms with E-state index in [1.54, 1.807) is 18.0 Å². The average Bonchev–Trinajstić information content (AvgIpc) is 2.95. The number of hydrogen-bond donors (Lipinski definition) is 1. The van der Waals surface area contributed by atoms with Crippen LogP contribution in [0.5, 0.6) is 0 Å². The third-order valence-electron chi connectivity index (χ3n) is 4.06. The molecule has 2 heterocycles. The van der Waals surface area contributed by atoms with Crippen molar-refractivity contribution in [2.45, 2.75) is 46.2 Å². The lowest BCUT2D eigenvalue weighted by Gasteiger charge is -2.35. The molecule has 0 aliphatic carbocycles. The molecule has 1 aromatic heterocycles. The number of aromatic nitrogens is 2. The van der Waals surface area contributed by atoms with Gasteiger partial charge in [0.05, 0.1) is 17.4 Å². The Morgan fingerprint density at radius 3 is 2.22 bits per heavy atom. The van der Waals surface area contributed by atoms with Gasteiger partial charge in [-0.3, -0.25) is 14.3 Å². The molecule has 1 atom stereocenters. The predicted molar refractivity (Wildman–Crippen MR) is 89.1 cm³/mol. The molecule has 7 nitrogen and oxygen atoms in total. The van der Waals surface area contributed by atoms with E-state index in [1.807, 2.05) is 22.7 Å². The van der Waals surface area contributed by atoms with Crippen LogP contribution in [0.3, 0.4) is 0 Å². The second-order valence-electron chi connectivity index (χ2n) is 7.04. The number of piperazine rings is 1. The molecule has 0 aromatic carbocycles. The molecule has 1 N–H and O–H groups in total. The summed E-state index contributed by atoms with van der Waals surface area (Å²) in [5.41, 5.74) is 0.749. The van der Waals surface area contributed by atoms with Crippen molar-refractivity contribution in [3.05, 3.63) is 12.4 Å². The van der Waals surface area contributed by atoms with Crippen LogP contribution in [-0.2, 0) is 15.1 Å². The smallest absolute Gasteiger partial charge is 0.244 e. The number of amides is 2. The molecule has 2 amide bonds. The first kappa shape index (κ1) is 17.3. The van der Waals surface area contributed by atoms with Gasteiger partial charge in [-0.15, -0.1) is 0 Å². The van der Waals surface area contributed by atoms with E-state index in [1.165, 1.54) is 0 Å². The van der Waals surface area contributed by atoms with Gasteiger partial charge in [-0.2, -0.15) is 5.10 Å². The van der Waals surface area contributed by atoms with Crippen molar-refractivity contribution in [3.63, 3.8) is 0 Å². The standard InChI is InChI=1S/C16H27N5O2/c1-12(18-14-10-17-21(11-14)16(3,4)5)15(23)20-8-6-19(7-9-20)13(2)22/h10-12,18H,6-9H2,1-5H3/t12-/m0/s1. The Kier molecular flexibility index (Phi) is 4.97. The number of nitrogens with zero attached hydrogens (tertiary/aromatic N) is 4. The van der Waals surface area contributed by atoms with E-state index < -0.39 is 0 Å². The van der Waals surface area contributed by atoms with Gasteiger partial charge < -0.3 is 15.1 Å². The van der Waals surface area contributed by atoms with Gasteiger partial charge in [0.15, 0.2) is 0 Å². The van der Waals surface area contributed by atoms with Gasteiger partial charge in [-0.05, 0) is 27.7 Å². The SMILES string of the molecule is CC(=O)N1CCN(C(=O)[C@H](C)Nc2cnn(C(C)(C)C)c2)CC1. The zero-order valence-electron chi connectivity index (χ0n) is 14.7. The molecule has 1 aliphatic rings. The minimum atomic E-state index is -0.323. The Labute approximate surface area is 137 Å². The normalized spacial score (nSPS) is 17.1. The lowest BCUT2D eigenvalue weighted by molar-refractivity contribution is -0.138. The molecule has 23 heavy (non-hydrogen) atoms. The van der Waals surface area contributed by atoms with Crippen LogP contribution in [0.4, 0.5) is 5.69 Å². The van der Waals surface area contributed by atoms with Gasteiger partial charge in [-0.1, -0.05) is 0 Å². The molecule has 2 rings (SSSR count). The van der Waals surface area contributed by atoms with Crippen LogP contribution < -0.4 is 5.32 Å². The van der Waals surface area contributed by atoms with Crippen molar-refractivity contribution < 1.29 is 9.59 Å². The molecule has 1 saturated heterocycles. The fourth-order valence-electron chi connectivity index (χ4n) is 2.59. The van der Waals surface area contributed by atoms with E-state index in [0.717, 1.165) is 5.69 Å². The molecule has 7 heteroatoms. The molecular formula is C16H27N5O2. The third-order valence-corrected chi connectivity index (χ3v) is 4.06. The predicted octanol–water partition coefficient (Wildman–Crippen LogP) is 1.13. The largest absolute Gasteiger partial charge is 0.371 e. The van der Waals surface area contributed by atoms with Crippen LogP contribution in [0.25, 0.3) is 0 Å². The van der Waals surface area contributed by atoms with Crippen LogP contribution in [0.15, 0.2) is 12.4 Å². The summed E-state index contributed by atoms with van der Waals surface area (Å²) < 4.78 is 1.87. The number of anilines is 1. The first-order chi connectivity index (χ1) is 10.7. The number of carbonyl (C=O) groups excluding carboxylic acids is 2. The molecule has 1 aliphatic heterocycles. The molecular weight excluding hydrogens is 294 g/mol. The van der Waals surface area contributed by atoms with Crippen molar-refractivity contribution >= 4 is 17.5 Å². The summed E-state index contributed by atoms with van der Waals surface area (Å²) in [6, 6.07) is -0.323. The van der Waals surface area contributed by atoms with Crippen molar-refractivity contribution in [1.82, 2.24) is 19.6 Å². The van der Waals surface area contributed by atoms with Crippen molar-refractivity contribution in [2.75, 3.05) is 31.5 Å². The van der Waals surface area contributed by atoms with E-state index in [2.05, 4.69) is 31.2 Å². The summed E-state index contributed by atoms with van der Waals surface area (Å²) in [4.78, 5) is 27.4. The van der Waals surface area contributed by atoms with Gasteiger partial charge in [0.2, 0.25) is 11.8 Å². The summed E-state index contributed by atoms with van der Waals surface area (Å²) in [6.45, 7) is 12.0. The fourth-order valence-corrected chi connectivity index (χ4v) is 2.59. The number of carbonyl (C=O) groups is 2. The second kappa shape index (κ2) is 6.60. The third kappa shape index (κ3) is 4.24. The van der Waals surface area contributed by atoms with Crippen molar-refractivity contribution in [3.8, 4) is 0 Å². The first-order valence-electron chi connectivity index (χ1n) is 8.04. The molecule has 0 unspecified atom stereocenters. The number of nitrogens with one attached hydrogen (secondary N) is 1. The molecule has 1 aromatic rings.